The number of nitrogens with one attached hydrogen (secondary N) is 2. The third-order valence-corrected chi connectivity index (χ3v) is 3.07. The summed E-state index contributed by atoms with van der Waals surface area (Å²) in [4.78, 5) is 28.0. The van der Waals surface area contributed by atoms with E-state index >= 15 is 0 Å². The van der Waals surface area contributed by atoms with Gasteiger partial charge in [0.05, 0.1) is 18.3 Å². The number of hydrogen-bond donors (Lipinski definition) is 2. The molecule has 1 aromatic heterocycles. The van der Waals surface area contributed by atoms with Crippen LogP contribution in [0.25, 0.3) is 0 Å². The van der Waals surface area contributed by atoms with Crippen LogP contribution in [0.3, 0.4) is 0 Å². The zero-order chi connectivity index (χ0) is 17.5. The van der Waals surface area contributed by atoms with Gasteiger partial charge in [-0.3, -0.25) is 14.6 Å². The summed E-state index contributed by atoms with van der Waals surface area (Å²) in [5, 5.41) is 5.09. The Bertz CT molecular complexity index is 712. The van der Waals surface area contributed by atoms with Gasteiger partial charge in [-0.25, -0.2) is 0 Å². The summed E-state index contributed by atoms with van der Waals surface area (Å²) in [5.74, 6) is -0.723. The number of hydrogen-bond acceptors (Lipinski definition) is 4. The molecule has 0 bridgehead atoms. The highest BCUT2D eigenvalue weighted by Crippen LogP contribution is 2.16. The van der Waals surface area contributed by atoms with E-state index in [1.807, 2.05) is 32.9 Å². The normalized spacial score (nSPS) is 10.3. The minimum Gasteiger partial charge on any atom is -0.491 e. The summed E-state index contributed by atoms with van der Waals surface area (Å²) in [6.45, 7) is 5.94. The van der Waals surface area contributed by atoms with E-state index in [-0.39, 0.29) is 12.6 Å². The number of aromatic nitrogens is 1. The second kappa shape index (κ2) is 8.10. The van der Waals surface area contributed by atoms with Gasteiger partial charge in [0.2, 0.25) is 0 Å². The van der Waals surface area contributed by atoms with Gasteiger partial charge in [-0.2, -0.15) is 0 Å². The average molecular weight is 327 g/mol. The van der Waals surface area contributed by atoms with Crippen LogP contribution in [0.2, 0.25) is 0 Å². The fourth-order valence-electron chi connectivity index (χ4n) is 2.03. The van der Waals surface area contributed by atoms with Crippen molar-refractivity contribution in [1.29, 1.82) is 0 Å². The Hall–Kier alpha value is -2.89. The first-order valence-corrected chi connectivity index (χ1v) is 7.72. The van der Waals surface area contributed by atoms with Crippen LogP contribution < -0.4 is 15.4 Å². The van der Waals surface area contributed by atoms with Gasteiger partial charge in [-0.1, -0.05) is 6.07 Å². The molecule has 0 aliphatic heterocycles. The van der Waals surface area contributed by atoms with Crippen LogP contribution in [0.4, 0.5) is 5.69 Å². The van der Waals surface area contributed by atoms with Crippen LogP contribution in [0.1, 0.15) is 25.2 Å². The van der Waals surface area contributed by atoms with Crippen molar-refractivity contribution < 1.29 is 14.3 Å². The first-order valence-electron chi connectivity index (χ1n) is 7.72. The smallest absolute Gasteiger partial charge is 0.313 e. The number of ether oxygens (including phenoxy) is 1. The molecule has 0 saturated heterocycles. The second-order valence-corrected chi connectivity index (χ2v) is 5.60. The molecule has 126 valence electrons. The van der Waals surface area contributed by atoms with Gasteiger partial charge in [0.1, 0.15) is 5.75 Å². The lowest BCUT2D eigenvalue weighted by Crippen LogP contribution is -2.35. The predicted octanol–water partition coefficient (Wildman–Crippen LogP) is 2.43. The first-order chi connectivity index (χ1) is 11.4. The minimum atomic E-state index is -0.722. The summed E-state index contributed by atoms with van der Waals surface area (Å²) in [5.41, 5.74) is 2.08. The van der Waals surface area contributed by atoms with Gasteiger partial charge in [-0.15, -0.1) is 0 Å². The van der Waals surface area contributed by atoms with Crippen LogP contribution in [0.15, 0.2) is 42.5 Å². The van der Waals surface area contributed by atoms with Crippen LogP contribution in [-0.2, 0) is 16.1 Å². The maximum atomic E-state index is 11.9. The summed E-state index contributed by atoms with van der Waals surface area (Å²) in [6, 6.07) is 12.4. The zero-order valence-corrected chi connectivity index (χ0v) is 14.0. The lowest BCUT2D eigenvalue weighted by atomic mass is 10.3. The van der Waals surface area contributed by atoms with Crippen LogP contribution in [0.5, 0.6) is 5.75 Å². The Morgan fingerprint density at radius 3 is 2.42 bits per heavy atom. The third kappa shape index (κ3) is 5.39. The molecule has 6 nitrogen and oxygen atoms in total. The molecule has 2 N–H and O–H groups in total. The topological polar surface area (TPSA) is 80.3 Å². The Balaban J connectivity index is 1.86. The number of benzene rings is 1. The van der Waals surface area contributed by atoms with Gasteiger partial charge in [0.15, 0.2) is 0 Å². The van der Waals surface area contributed by atoms with Crippen LogP contribution in [0, 0.1) is 6.92 Å². The van der Waals surface area contributed by atoms with Crippen molar-refractivity contribution in [1.82, 2.24) is 10.3 Å². The highest BCUT2D eigenvalue weighted by atomic mass is 16.5. The van der Waals surface area contributed by atoms with Gasteiger partial charge < -0.3 is 15.4 Å². The molecule has 24 heavy (non-hydrogen) atoms. The van der Waals surface area contributed by atoms with Gasteiger partial charge in [0, 0.05) is 11.4 Å². The average Bonchev–Trinajstić information content (AvgIpc) is 2.54. The van der Waals surface area contributed by atoms with E-state index in [1.54, 1.807) is 30.3 Å². The SMILES string of the molecule is Cc1cccc(CNC(=O)C(=O)Nc2ccc(OC(C)C)cc2)n1. The lowest BCUT2D eigenvalue weighted by Gasteiger charge is -2.10. The quantitative estimate of drug-likeness (QED) is 0.827. The molecule has 1 aromatic carbocycles. The number of anilines is 1. The van der Waals surface area contributed by atoms with E-state index in [4.69, 9.17) is 4.74 Å². The third-order valence-electron chi connectivity index (χ3n) is 3.07. The number of nitrogens with zero attached hydrogens (tertiary/aromatic N) is 1. The number of carbonyl (C=O) groups is 2. The van der Waals surface area contributed by atoms with E-state index in [0.29, 0.717) is 17.1 Å². The summed E-state index contributed by atoms with van der Waals surface area (Å²) in [7, 11) is 0. The molecule has 0 fully saturated rings. The van der Waals surface area contributed by atoms with Crippen molar-refractivity contribution in [3.63, 3.8) is 0 Å². The lowest BCUT2D eigenvalue weighted by molar-refractivity contribution is -0.136. The van der Waals surface area contributed by atoms with Gasteiger partial charge >= 0.3 is 11.8 Å². The van der Waals surface area contributed by atoms with Crippen molar-refractivity contribution in [2.75, 3.05) is 5.32 Å². The van der Waals surface area contributed by atoms with Crippen molar-refractivity contribution in [3.05, 3.63) is 53.9 Å². The molecular weight excluding hydrogens is 306 g/mol. The number of aryl methyl sites for hydroxylation is 1. The van der Waals surface area contributed by atoms with E-state index in [9.17, 15) is 9.59 Å². The highest BCUT2D eigenvalue weighted by molar-refractivity contribution is 6.39. The summed E-state index contributed by atoms with van der Waals surface area (Å²) >= 11 is 0. The molecule has 0 radical (unpaired) electrons. The molecular formula is C18H21N3O3. The molecule has 0 spiro atoms. The monoisotopic (exact) mass is 327 g/mol. The molecule has 2 aromatic rings. The standard InChI is InChI=1S/C18H21N3O3/c1-12(2)24-16-9-7-14(8-10-16)21-18(23)17(22)19-11-15-6-4-5-13(3)20-15/h4-10,12H,11H2,1-3H3,(H,19,22)(H,21,23). The van der Waals surface area contributed by atoms with E-state index < -0.39 is 11.8 Å². The van der Waals surface area contributed by atoms with Crippen molar-refractivity contribution in [2.45, 2.75) is 33.4 Å². The molecule has 0 atom stereocenters. The minimum absolute atomic E-state index is 0.0754. The maximum Gasteiger partial charge on any atom is 0.313 e. The van der Waals surface area contributed by atoms with Crippen molar-refractivity contribution in [2.24, 2.45) is 0 Å². The molecule has 0 unspecified atom stereocenters. The molecule has 1 heterocycles. The molecule has 2 amide bonds. The zero-order valence-electron chi connectivity index (χ0n) is 14.0. The van der Waals surface area contributed by atoms with E-state index in [2.05, 4.69) is 15.6 Å². The number of carbonyl (C=O) groups excluding carboxylic acids is 2. The highest BCUT2D eigenvalue weighted by Gasteiger charge is 2.13. The fraction of sp³-hybridized carbons (Fsp3) is 0.278. The van der Waals surface area contributed by atoms with Crippen LogP contribution in [-0.4, -0.2) is 22.9 Å². The van der Waals surface area contributed by atoms with E-state index in [1.165, 1.54) is 0 Å². The summed E-state index contributed by atoms with van der Waals surface area (Å²) < 4.78 is 5.52. The van der Waals surface area contributed by atoms with Crippen molar-refractivity contribution >= 4 is 17.5 Å². The number of rotatable bonds is 5. The second-order valence-electron chi connectivity index (χ2n) is 5.60. The number of amides is 2. The number of pyridine rings is 1. The summed E-state index contributed by atoms with van der Waals surface area (Å²) in [6.07, 6.45) is 0.0754. The Kier molecular flexibility index (Phi) is 5.89. The van der Waals surface area contributed by atoms with E-state index in [0.717, 1.165) is 5.69 Å². The molecule has 0 aliphatic rings. The van der Waals surface area contributed by atoms with Crippen molar-refractivity contribution in [3.8, 4) is 5.75 Å². The molecule has 0 saturated carbocycles. The Labute approximate surface area is 141 Å². The molecule has 2 rings (SSSR count). The predicted molar refractivity (Wildman–Crippen MR) is 91.7 cm³/mol. The van der Waals surface area contributed by atoms with Gasteiger partial charge in [-0.05, 0) is 57.2 Å². The molecule has 6 heteroatoms. The fourth-order valence-corrected chi connectivity index (χ4v) is 2.03. The van der Waals surface area contributed by atoms with Crippen LogP contribution >= 0.6 is 0 Å². The largest absolute Gasteiger partial charge is 0.491 e. The Morgan fingerprint density at radius 1 is 1.08 bits per heavy atom. The Morgan fingerprint density at radius 2 is 1.79 bits per heavy atom. The molecule has 0 aliphatic carbocycles. The first kappa shape index (κ1) is 17.5. The maximum absolute atomic E-state index is 11.9. The van der Waals surface area contributed by atoms with Gasteiger partial charge in [0.25, 0.3) is 0 Å².